The maximum Gasteiger partial charge on any atom is 0.0624 e. The van der Waals surface area contributed by atoms with Crippen LogP contribution in [0.4, 0.5) is 0 Å². The van der Waals surface area contributed by atoms with Gasteiger partial charge < -0.3 is 9.88 Å². The van der Waals surface area contributed by atoms with E-state index in [4.69, 9.17) is 0 Å². The van der Waals surface area contributed by atoms with Gasteiger partial charge in [-0.1, -0.05) is 12.1 Å². The lowest BCUT2D eigenvalue weighted by Crippen LogP contribution is -2.15. The Morgan fingerprint density at radius 2 is 2.31 bits per heavy atom. The smallest absolute Gasteiger partial charge is 0.0624 e. The van der Waals surface area contributed by atoms with Crippen molar-refractivity contribution >= 4 is 26.8 Å². The largest absolute Gasteiger partial charge is 0.345 e. The fraction of sp³-hybridized carbons (Fsp3) is 0.385. The van der Waals surface area contributed by atoms with Gasteiger partial charge in [0.05, 0.1) is 5.52 Å². The number of aryl methyl sites for hydroxylation is 1. The number of hydrogen-bond donors (Lipinski definition) is 1. The molecule has 2 nitrogen and oxygen atoms in total. The number of nitrogens with one attached hydrogen (secondary N) is 1. The van der Waals surface area contributed by atoms with Crippen molar-refractivity contribution in [3.8, 4) is 0 Å². The molecule has 1 aliphatic rings. The van der Waals surface area contributed by atoms with Crippen molar-refractivity contribution < 1.29 is 0 Å². The summed E-state index contributed by atoms with van der Waals surface area (Å²) >= 11 is 3.63. The van der Waals surface area contributed by atoms with Crippen LogP contribution < -0.4 is 5.32 Å². The van der Waals surface area contributed by atoms with Crippen LogP contribution in [0.15, 0.2) is 28.7 Å². The molecule has 2 aromatic rings. The van der Waals surface area contributed by atoms with Gasteiger partial charge in [0.2, 0.25) is 0 Å². The highest BCUT2D eigenvalue weighted by Crippen LogP contribution is 2.31. The number of aromatic nitrogens is 1. The fourth-order valence-corrected chi connectivity index (χ4v) is 3.31. The van der Waals surface area contributed by atoms with E-state index in [1.54, 1.807) is 0 Å². The number of fused-ring (bicyclic) bond motifs is 1. The van der Waals surface area contributed by atoms with Gasteiger partial charge in [-0.3, -0.25) is 0 Å². The van der Waals surface area contributed by atoms with Gasteiger partial charge in [0.1, 0.15) is 0 Å². The molecule has 1 saturated heterocycles. The van der Waals surface area contributed by atoms with Crippen LogP contribution in [-0.4, -0.2) is 11.1 Å². The van der Waals surface area contributed by atoms with Crippen molar-refractivity contribution in [1.82, 2.24) is 9.88 Å². The van der Waals surface area contributed by atoms with E-state index in [0.717, 1.165) is 6.54 Å². The molecule has 1 atom stereocenters. The fourth-order valence-electron chi connectivity index (χ4n) is 2.66. The van der Waals surface area contributed by atoms with E-state index in [9.17, 15) is 0 Å². The first-order chi connectivity index (χ1) is 7.77. The lowest BCUT2D eigenvalue weighted by molar-refractivity contribution is 0.604. The van der Waals surface area contributed by atoms with Gasteiger partial charge in [0.15, 0.2) is 0 Å². The van der Waals surface area contributed by atoms with Crippen molar-refractivity contribution in [3.63, 3.8) is 0 Å². The van der Waals surface area contributed by atoms with Gasteiger partial charge in [-0.25, -0.2) is 0 Å². The minimum absolute atomic E-state index is 0.532. The molecule has 0 bridgehead atoms. The van der Waals surface area contributed by atoms with Crippen molar-refractivity contribution in [2.24, 2.45) is 7.05 Å². The number of halogens is 1. The second-order valence-corrected chi connectivity index (χ2v) is 5.31. The third kappa shape index (κ3) is 1.50. The zero-order chi connectivity index (χ0) is 11.1. The number of rotatable bonds is 1. The minimum Gasteiger partial charge on any atom is -0.345 e. The van der Waals surface area contributed by atoms with Crippen LogP contribution in [-0.2, 0) is 7.05 Å². The summed E-state index contributed by atoms with van der Waals surface area (Å²) in [4.78, 5) is 0. The molecule has 0 radical (unpaired) electrons. The molecule has 3 heteroatoms. The Morgan fingerprint density at radius 1 is 1.44 bits per heavy atom. The Morgan fingerprint density at radius 3 is 3.00 bits per heavy atom. The predicted octanol–water partition coefficient (Wildman–Crippen LogP) is 3.37. The molecular formula is C13H15BrN2. The predicted molar refractivity (Wildman–Crippen MR) is 70.6 cm³/mol. The second kappa shape index (κ2) is 3.90. The molecule has 1 aromatic carbocycles. The number of nitrogens with zero attached hydrogens (tertiary/aromatic N) is 1. The Kier molecular flexibility index (Phi) is 2.52. The zero-order valence-corrected chi connectivity index (χ0v) is 10.9. The molecule has 0 amide bonds. The second-order valence-electron chi connectivity index (χ2n) is 4.45. The highest BCUT2D eigenvalue weighted by atomic mass is 79.9. The van der Waals surface area contributed by atoms with Gasteiger partial charge >= 0.3 is 0 Å². The Hall–Kier alpha value is -0.800. The third-order valence-electron chi connectivity index (χ3n) is 3.46. The summed E-state index contributed by atoms with van der Waals surface area (Å²) in [6.07, 6.45) is 2.54. The molecule has 1 unspecified atom stereocenters. The van der Waals surface area contributed by atoms with Gasteiger partial charge in [0, 0.05) is 28.6 Å². The lowest BCUT2D eigenvalue weighted by Gasteiger charge is -2.12. The summed E-state index contributed by atoms with van der Waals surface area (Å²) in [7, 11) is 2.16. The van der Waals surface area contributed by atoms with Crippen molar-refractivity contribution in [2.75, 3.05) is 6.54 Å². The van der Waals surface area contributed by atoms with Gasteiger partial charge in [0.25, 0.3) is 0 Å². The van der Waals surface area contributed by atoms with Crippen LogP contribution in [0.1, 0.15) is 24.6 Å². The monoisotopic (exact) mass is 278 g/mol. The Labute approximate surface area is 104 Å². The molecule has 1 N–H and O–H groups in total. The van der Waals surface area contributed by atoms with E-state index in [2.05, 4.69) is 57.1 Å². The maximum absolute atomic E-state index is 3.63. The van der Waals surface area contributed by atoms with E-state index < -0.39 is 0 Å². The SMILES string of the molecule is Cn1c(C2CCCN2)cc2cccc(Br)c21. The number of benzene rings is 1. The molecule has 1 fully saturated rings. The van der Waals surface area contributed by atoms with Crippen LogP contribution in [0.2, 0.25) is 0 Å². The van der Waals surface area contributed by atoms with Crippen molar-refractivity contribution in [1.29, 1.82) is 0 Å². The quantitative estimate of drug-likeness (QED) is 0.847. The number of hydrogen-bond acceptors (Lipinski definition) is 1. The lowest BCUT2D eigenvalue weighted by atomic mass is 10.1. The molecule has 1 aliphatic heterocycles. The molecular weight excluding hydrogens is 264 g/mol. The van der Waals surface area contributed by atoms with Crippen molar-refractivity contribution in [2.45, 2.75) is 18.9 Å². The standard InChI is InChI=1S/C13H15BrN2/c1-16-12(11-6-3-7-15-11)8-9-4-2-5-10(14)13(9)16/h2,4-5,8,11,15H,3,6-7H2,1H3. The molecule has 84 valence electrons. The van der Waals surface area contributed by atoms with Gasteiger partial charge in [-0.05, 0) is 47.4 Å². The topological polar surface area (TPSA) is 17.0 Å². The first-order valence-corrected chi connectivity index (χ1v) is 6.54. The van der Waals surface area contributed by atoms with Crippen LogP contribution >= 0.6 is 15.9 Å². The molecule has 0 spiro atoms. The van der Waals surface area contributed by atoms with E-state index in [0.29, 0.717) is 6.04 Å². The number of para-hydroxylation sites is 1. The van der Waals surface area contributed by atoms with Gasteiger partial charge in [-0.15, -0.1) is 0 Å². The van der Waals surface area contributed by atoms with E-state index in [-0.39, 0.29) is 0 Å². The summed E-state index contributed by atoms with van der Waals surface area (Å²) in [6, 6.07) is 9.22. The van der Waals surface area contributed by atoms with Gasteiger partial charge in [-0.2, -0.15) is 0 Å². The Bertz CT molecular complexity index is 524. The highest BCUT2D eigenvalue weighted by molar-refractivity contribution is 9.10. The summed E-state index contributed by atoms with van der Waals surface area (Å²) in [5.41, 5.74) is 2.70. The van der Waals surface area contributed by atoms with Crippen LogP contribution in [0, 0.1) is 0 Å². The highest BCUT2D eigenvalue weighted by Gasteiger charge is 2.20. The first-order valence-electron chi connectivity index (χ1n) is 5.74. The summed E-state index contributed by atoms with van der Waals surface area (Å²) in [5, 5.41) is 4.88. The van der Waals surface area contributed by atoms with Crippen LogP contribution in [0.25, 0.3) is 10.9 Å². The summed E-state index contributed by atoms with van der Waals surface area (Å²) in [5.74, 6) is 0. The molecule has 0 saturated carbocycles. The summed E-state index contributed by atoms with van der Waals surface area (Å²) < 4.78 is 3.49. The first kappa shape index (κ1) is 10.4. The zero-order valence-electron chi connectivity index (χ0n) is 9.33. The molecule has 16 heavy (non-hydrogen) atoms. The average Bonchev–Trinajstić information content (AvgIpc) is 2.86. The molecule has 2 heterocycles. The van der Waals surface area contributed by atoms with Crippen LogP contribution in [0.5, 0.6) is 0 Å². The molecule has 0 aliphatic carbocycles. The van der Waals surface area contributed by atoms with E-state index in [1.165, 1.54) is 33.9 Å². The maximum atomic E-state index is 3.63. The summed E-state index contributed by atoms with van der Waals surface area (Å²) in [6.45, 7) is 1.15. The average molecular weight is 279 g/mol. The van der Waals surface area contributed by atoms with Crippen molar-refractivity contribution in [3.05, 3.63) is 34.4 Å². The third-order valence-corrected chi connectivity index (χ3v) is 4.10. The minimum atomic E-state index is 0.532. The molecule has 3 rings (SSSR count). The van der Waals surface area contributed by atoms with Crippen LogP contribution in [0.3, 0.4) is 0 Å². The molecule has 1 aromatic heterocycles. The van der Waals surface area contributed by atoms with E-state index >= 15 is 0 Å². The van der Waals surface area contributed by atoms with E-state index in [1.807, 2.05) is 0 Å². The Balaban J connectivity index is 2.19. The normalized spacial score (nSPS) is 20.8.